The van der Waals surface area contributed by atoms with Crippen molar-refractivity contribution in [1.82, 2.24) is 0 Å². The molecule has 0 aliphatic heterocycles. The molecule has 0 spiro atoms. The van der Waals surface area contributed by atoms with E-state index in [1.54, 1.807) is 0 Å². The van der Waals surface area contributed by atoms with Crippen LogP contribution in [0.15, 0.2) is 24.3 Å². The summed E-state index contributed by atoms with van der Waals surface area (Å²) < 4.78 is 0. The maximum Gasteiger partial charge on any atom is 0.0914 e. The van der Waals surface area contributed by atoms with E-state index >= 15 is 0 Å². The molecule has 0 heterocycles. The zero-order valence-electron chi connectivity index (χ0n) is 9.30. The standard InChI is InChI=1S/C13H17ClN2/c14-11-5-3-10(4-6-11)13(9-12(15)16)7-1-2-8-13/h3-6H,1-2,7-9H2,(H3,15,16). The van der Waals surface area contributed by atoms with Crippen LogP contribution in [0.2, 0.25) is 5.02 Å². The van der Waals surface area contributed by atoms with Crippen LogP contribution in [0.3, 0.4) is 0 Å². The highest BCUT2D eigenvalue weighted by atomic mass is 35.5. The number of hydrogen-bond acceptors (Lipinski definition) is 1. The second kappa shape index (κ2) is 4.46. The lowest BCUT2D eigenvalue weighted by atomic mass is 9.76. The van der Waals surface area contributed by atoms with Crippen LogP contribution >= 0.6 is 11.6 Å². The summed E-state index contributed by atoms with van der Waals surface area (Å²) >= 11 is 5.90. The Bertz CT molecular complexity index is 377. The zero-order valence-corrected chi connectivity index (χ0v) is 10.1. The number of halogens is 1. The molecule has 1 fully saturated rings. The second-order valence-electron chi connectivity index (χ2n) is 4.70. The molecule has 2 nitrogen and oxygen atoms in total. The summed E-state index contributed by atoms with van der Waals surface area (Å²) in [5, 5.41) is 8.29. The van der Waals surface area contributed by atoms with Gasteiger partial charge in [-0.15, -0.1) is 0 Å². The van der Waals surface area contributed by atoms with Gasteiger partial charge < -0.3 is 5.73 Å². The van der Waals surface area contributed by atoms with Crippen molar-refractivity contribution >= 4 is 17.4 Å². The lowest BCUT2D eigenvalue weighted by molar-refractivity contribution is 0.457. The Morgan fingerprint density at radius 3 is 2.31 bits per heavy atom. The van der Waals surface area contributed by atoms with E-state index in [2.05, 4.69) is 12.1 Å². The van der Waals surface area contributed by atoms with Crippen LogP contribution in [0.5, 0.6) is 0 Å². The topological polar surface area (TPSA) is 49.9 Å². The normalized spacial score (nSPS) is 18.6. The summed E-state index contributed by atoms with van der Waals surface area (Å²) in [7, 11) is 0. The van der Waals surface area contributed by atoms with Crippen molar-refractivity contribution in [2.45, 2.75) is 37.5 Å². The molecule has 2 rings (SSSR count). The molecule has 1 aromatic carbocycles. The molecule has 0 radical (unpaired) electrons. The summed E-state index contributed by atoms with van der Waals surface area (Å²) in [6.07, 6.45) is 5.41. The van der Waals surface area contributed by atoms with Crippen LogP contribution in [0.25, 0.3) is 0 Å². The molecule has 0 aromatic heterocycles. The largest absolute Gasteiger partial charge is 0.388 e. The minimum absolute atomic E-state index is 0.0937. The molecule has 1 aliphatic carbocycles. The molecule has 0 amide bonds. The smallest absolute Gasteiger partial charge is 0.0914 e. The van der Waals surface area contributed by atoms with Crippen LogP contribution in [0.4, 0.5) is 0 Å². The van der Waals surface area contributed by atoms with Gasteiger partial charge >= 0.3 is 0 Å². The molecule has 0 saturated heterocycles. The van der Waals surface area contributed by atoms with Crippen molar-refractivity contribution in [2.24, 2.45) is 5.73 Å². The van der Waals surface area contributed by atoms with E-state index in [4.69, 9.17) is 22.7 Å². The molecular weight excluding hydrogens is 220 g/mol. The maximum absolute atomic E-state index is 7.53. The van der Waals surface area contributed by atoms with E-state index in [1.165, 1.54) is 18.4 Å². The average Bonchev–Trinajstić information content (AvgIpc) is 2.67. The first-order valence-electron chi connectivity index (χ1n) is 5.71. The van der Waals surface area contributed by atoms with E-state index in [9.17, 15) is 0 Å². The third kappa shape index (κ3) is 2.22. The number of nitrogens with two attached hydrogens (primary N) is 1. The Labute approximate surface area is 101 Å². The van der Waals surface area contributed by atoms with Crippen molar-refractivity contribution < 1.29 is 0 Å². The SMILES string of the molecule is N=C(N)CC1(c2ccc(Cl)cc2)CCCC1. The Morgan fingerprint density at radius 1 is 1.25 bits per heavy atom. The van der Waals surface area contributed by atoms with Crippen molar-refractivity contribution in [3.8, 4) is 0 Å². The molecule has 0 bridgehead atoms. The first kappa shape index (κ1) is 11.5. The van der Waals surface area contributed by atoms with Gasteiger partial charge in [0.25, 0.3) is 0 Å². The highest BCUT2D eigenvalue weighted by Gasteiger charge is 2.35. The van der Waals surface area contributed by atoms with Gasteiger partial charge in [-0.2, -0.15) is 0 Å². The first-order chi connectivity index (χ1) is 7.62. The number of rotatable bonds is 3. The fourth-order valence-electron chi connectivity index (χ4n) is 2.79. The van der Waals surface area contributed by atoms with Crippen LogP contribution in [-0.4, -0.2) is 5.84 Å². The summed E-state index contributed by atoms with van der Waals surface area (Å²) in [4.78, 5) is 0. The monoisotopic (exact) mass is 236 g/mol. The van der Waals surface area contributed by atoms with E-state index in [-0.39, 0.29) is 11.3 Å². The molecule has 0 unspecified atom stereocenters. The minimum atomic E-state index is 0.0937. The van der Waals surface area contributed by atoms with Crippen LogP contribution in [0.1, 0.15) is 37.7 Å². The number of benzene rings is 1. The van der Waals surface area contributed by atoms with Crippen molar-refractivity contribution in [2.75, 3.05) is 0 Å². The number of nitrogens with one attached hydrogen (secondary N) is 1. The molecule has 86 valence electrons. The summed E-state index contributed by atoms with van der Waals surface area (Å²) in [6, 6.07) is 8.02. The number of hydrogen-bond donors (Lipinski definition) is 2. The summed E-state index contributed by atoms with van der Waals surface area (Å²) in [5.74, 6) is 0.289. The Kier molecular flexibility index (Phi) is 3.20. The zero-order chi connectivity index (χ0) is 11.6. The van der Waals surface area contributed by atoms with Gasteiger partial charge in [0.2, 0.25) is 0 Å². The first-order valence-corrected chi connectivity index (χ1v) is 6.09. The van der Waals surface area contributed by atoms with Crippen LogP contribution in [0, 0.1) is 5.41 Å². The lowest BCUT2D eigenvalue weighted by Crippen LogP contribution is -2.29. The molecule has 3 heteroatoms. The van der Waals surface area contributed by atoms with Crippen molar-refractivity contribution in [3.05, 3.63) is 34.9 Å². The summed E-state index contributed by atoms with van der Waals surface area (Å²) in [5.41, 5.74) is 6.96. The third-order valence-electron chi connectivity index (χ3n) is 3.55. The van der Waals surface area contributed by atoms with Crippen LogP contribution in [-0.2, 0) is 5.41 Å². The Balaban J connectivity index is 2.31. The van der Waals surface area contributed by atoms with Crippen molar-refractivity contribution in [1.29, 1.82) is 5.41 Å². The highest BCUT2D eigenvalue weighted by molar-refractivity contribution is 6.30. The fraction of sp³-hybridized carbons (Fsp3) is 0.462. The maximum atomic E-state index is 7.53. The van der Waals surface area contributed by atoms with Crippen molar-refractivity contribution in [3.63, 3.8) is 0 Å². The van der Waals surface area contributed by atoms with Gasteiger partial charge in [-0.1, -0.05) is 36.6 Å². The van der Waals surface area contributed by atoms with Crippen LogP contribution < -0.4 is 5.73 Å². The van der Waals surface area contributed by atoms with Gasteiger partial charge in [-0.3, -0.25) is 5.41 Å². The molecular formula is C13H17ClN2. The molecule has 1 saturated carbocycles. The predicted molar refractivity (Wildman–Crippen MR) is 68.1 cm³/mol. The van der Waals surface area contributed by atoms with E-state index in [0.717, 1.165) is 17.9 Å². The minimum Gasteiger partial charge on any atom is -0.388 e. The van der Waals surface area contributed by atoms with Gasteiger partial charge in [0.1, 0.15) is 0 Å². The third-order valence-corrected chi connectivity index (χ3v) is 3.80. The quantitative estimate of drug-likeness (QED) is 0.613. The molecule has 0 atom stereocenters. The van der Waals surface area contributed by atoms with Gasteiger partial charge in [0.05, 0.1) is 5.84 Å². The average molecular weight is 237 g/mol. The fourth-order valence-corrected chi connectivity index (χ4v) is 2.91. The second-order valence-corrected chi connectivity index (χ2v) is 5.13. The van der Waals surface area contributed by atoms with E-state index in [1.807, 2.05) is 12.1 Å². The Morgan fingerprint density at radius 2 is 1.81 bits per heavy atom. The number of amidine groups is 1. The van der Waals surface area contributed by atoms with E-state index in [0.29, 0.717) is 6.42 Å². The summed E-state index contributed by atoms with van der Waals surface area (Å²) in [6.45, 7) is 0. The van der Waals surface area contributed by atoms with Gasteiger partial charge in [0, 0.05) is 16.9 Å². The highest BCUT2D eigenvalue weighted by Crippen LogP contribution is 2.43. The van der Waals surface area contributed by atoms with Gasteiger partial charge in [-0.05, 0) is 30.5 Å². The van der Waals surface area contributed by atoms with E-state index < -0.39 is 0 Å². The molecule has 1 aromatic rings. The molecule has 3 N–H and O–H groups in total. The predicted octanol–water partition coefficient (Wildman–Crippen LogP) is 3.48. The lowest BCUT2D eigenvalue weighted by Gasteiger charge is -2.29. The van der Waals surface area contributed by atoms with Gasteiger partial charge in [-0.25, -0.2) is 0 Å². The molecule has 1 aliphatic rings. The molecule has 16 heavy (non-hydrogen) atoms. The Hall–Kier alpha value is -1.02. The van der Waals surface area contributed by atoms with Gasteiger partial charge in [0.15, 0.2) is 0 Å².